The van der Waals surface area contributed by atoms with Gasteiger partial charge in [0.1, 0.15) is 0 Å². The van der Waals surface area contributed by atoms with E-state index in [1.807, 2.05) is 12.1 Å². The van der Waals surface area contributed by atoms with Gasteiger partial charge in [-0.2, -0.15) is 0 Å². The van der Waals surface area contributed by atoms with Crippen LogP contribution in [0.4, 0.5) is 0 Å². The maximum absolute atomic E-state index is 9.07. The Morgan fingerprint density at radius 2 is 1.76 bits per heavy atom. The molecular weight excluding hydrogens is 232 g/mol. The quantitative estimate of drug-likeness (QED) is 0.752. The van der Waals surface area contributed by atoms with Crippen LogP contribution >= 0.6 is 11.6 Å². The summed E-state index contributed by atoms with van der Waals surface area (Å²) in [5, 5.41) is 9.87. The fraction of sp³-hybridized carbons (Fsp3) is 0.600. The first-order valence-electron chi connectivity index (χ1n) is 6.53. The van der Waals surface area contributed by atoms with Crippen molar-refractivity contribution in [3.8, 4) is 0 Å². The summed E-state index contributed by atoms with van der Waals surface area (Å²) in [7, 11) is 0. The van der Waals surface area contributed by atoms with E-state index >= 15 is 0 Å². The number of benzene rings is 1. The Morgan fingerprint density at radius 3 is 2.29 bits per heavy atom. The molecule has 1 N–H and O–H groups in total. The van der Waals surface area contributed by atoms with Gasteiger partial charge in [0.25, 0.3) is 0 Å². The largest absolute Gasteiger partial charge is 0.396 e. The van der Waals surface area contributed by atoms with E-state index in [9.17, 15) is 0 Å². The second kappa shape index (κ2) is 7.73. The first kappa shape index (κ1) is 14.5. The highest BCUT2D eigenvalue weighted by atomic mass is 35.5. The molecule has 0 saturated carbocycles. The molecule has 0 spiro atoms. The Balaban J connectivity index is 2.61. The van der Waals surface area contributed by atoms with Gasteiger partial charge in [0.2, 0.25) is 0 Å². The molecule has 1 nitrogen and oxygen atoms in total. The monoisotopic (exact) mass is 254 g/mol. The van der Waals surface area contributed by atoms with E-state index < -0.39 is 0 Å². The fourth-order valence-corrected chi connectivity index (χ4v) is 2.26. The number of hydrogen-bond acceptors (Lipinski definition) is 1. The first-order chi connectivity index (χ1) is 8.17. The summed E-state index contributed by atoms with van der Waals surface area (Å²) in [5.74, 6) is 1.01. The molecule has 0 bridgehead atoms. The van der Waals surface area contributed by atoms with E-state index in [0.717, 1.165) is 17.9 Å². The van der Waals surface area contributed by atoms with Crippen LogP contribution in [0.3, 0.4) is 0 Å². The van der Waals surface area contributed by atoms with Gasteiger partial charge in [-0.15, -0.1) is 0 Å². The minimum atomic E-state index is 0.291. The first-order valence-corrected chi connectivity index (χ1v) is 6.91. The maximum Gasteiger partial charge on any atom is 0.0456 e. The van der Waals surface area contributed by atoms with Gasteiger partial charge in [-0.1, -0.05) is 44.0 Å². The topological polar surface area (TPSA) is 20.2 Å². The van der Waals surface area contributed by atoms with Crippen LogP contribution in [-0.4, -0.2) is 11.7 Å². The summed E-state index contributed by atoms with van der Waals surface area (Å²) >= 11 is 5.91. The van der Waals surface area contributed by atoms with E-state index in [1.54, 1.807) is 0 Å². The summed E-state index contributed by atoms with van der Waals surface area (Å²) in [6.45, 7) is 4.61. The van der Waals surface area contributed by atoms with Crippen LogP contribution in [0.25, 0.3) is 0 Å². The second-order valence-electron chi connectivity index (χ2n) is 4.90. The molecule has 0 amide bonds. The molecule has 1 aromatic carbocycles. The number of rotatable bonds is 7. The lowest BCUT2D eigenvalue weighted by Gasteiger charge is -2.18. The summed E-state index contributed by atoms with van der Waals surface area (Å²) in [6.07, 6.45) is 4.64. The van der Waals surface area contributed by atoms with E-state index in [4.69, 9.17) is 16.7 Å². The third kappa shape index (κ3) is 5.10. The molecule has 1 aromatic rings. The standard InChI is InChI=1S/C15H23ClO/c1-3-4-13(6-5-12(2)11-17)14-7-9-15(16)10-8-14/h7-10,12-13,17H,3-6,11H2,1-2H3. The number of aliphatic hydroxyl groups excluding tert-OH is 1. The number of aliphatic hydroxyl groups is 1. The lowest BCUT2D eigenvalue weighted by molar-refractivity contribution is 0.225. The van der Waals surface area contributed by atoms with Crippen LogP contribution in [0.5, 0.6) is 0 Å². The molecule has 17 heavy (non-hydrogen) atoms. The average molecular weight is 255 g/mol. The molecule has 2 heteroatoms. The molecule has 0 aliphatic rings. The molecular formula is C15H23ClO. The third-order valence-electron chi connectivity index (χ3n) is 3.30. The molecule has 0 fully saturated rings. The van der Waals surface area contributed by atoms with Crippen molar-refractivity contribution in [1.82, 2.24) is 0 Å². The van der Waals surface area contributed by atoms with Crippen molar-refractivity contribution in [2.45, 2.75) is 45.4 Å². The molecule has 0 heterocycles. The highest BCUT2D eigenvalue weighted by Crippen LogP contribution is 2.28. The van der Waals surface area contributed by atoms with Crippen molar-refractivity contribution < 1.29 is 5.11 Å². The predicted octanol–water partition coefficient (Wildman–Crippen LogP) is 4.63. The zero-order valence-electron chi connectivity index (χ0n) is 10.8. The van der Waals surface area contributed by atoms with Gasteiger partial charge in [-0.3, -0.25) is 0 Å². The van der Waals surface area contributed by atoms with Crippen molar-refractivity contribution in [2.24, 2.45) is 5.92 Å². The van der Waals surface area contributed by atoms with Crippen molar-refractivity contribution in [3.05, 3.63) is 34.9 Å². The van der Waals surface area contributed by atoms with Gasteiger partial charge in [-0.25, -0.2) is 0 Å². The Hall–Kier alpha value is -0.530. The van der Waals surface area contributed by atoms with Crippen LogP contribution in [0, 0.1) is 5.92 Å². The minimum absolute atomic E-state index is 0.291. The van der Waals surface area contributed by atoms with Gasteiger partial charge in [-0.05, 0) is 48.8 Å². The summed E-state index contributed by atoms with van der Waals surface area (Å²) < 4.78 is 0. The molecule has 2 unspecified atom stereocenters. The van der Waals surface area contributed by atoms with Crippen LogP contribution < -0.4 is 0 Å². The molecule has 0 radical (unpaired) electrons. The Morgan fingerprint density at radius 1 is 1.12 bits per heavy atom. The van der Waals surface area contributed by atoms with Crippen LogP contribution in [-0.2, 0) is 0 Å². The third-order valence-corrected chi connectivity index (χ3v) is 3.55. The van der Waals surface area contributed by atoms with E-state index in [1.165, 1.54) is 18.4 Å². The fourth-order valence-electron chi connectivity index (χ4n) is 2.14. The lowest BCUT2D eigenvalue weighted by atomic mass is 9.88. The van der Waals surface area contributed by atoms with Crippen molar-refractivity contribution >= 4 is 11.6 Å². The zero-order chi connectivity index (χ0) is 12.7. The summed E-state index contributed by atoms with van der Waals surface area (Å²) in [5.41, 5.74) is 1.38. The summed E-state index contributed by atoms with van der Waals surface area (Å²) in [6, 6.07) is 8.20. The van der Waals surface area contributed by atoms with Gasteiger partial charge in [0, 0.05) is 11.6 Å². The number of hydrogen-bond donors (Lipinski definition) is 1. The molecule has 0 aliphatic heterocycles. The van der Waals surface area contributed by atoms with Crippen molar-refractivity contribution in [3.63, 3.8) is 0 Å². The highest BCUT2D eigenvalue weighted by Gasteiger charge is 2.12. The Kier molecular flexibility index (Phi) is 6.61. The molecule has 2 atom stereocenters. The van der Waals surface area contributed by atoms with Gasteiger partial charge < -0.3 is 5.11 Å². The van der Waals surface area contributed by atoms with E-state index in [2.05, 4.69) is 26.0 Å². The normalized spacial score (nSPS) is 14.6. The van der Waals surface area contributed by atoms with Gasteiger partial charge in [0.15, 0.2) is 0 Å². The van der Waals surface area contributed by atoms with Gasteiger partial charge >= 0.3 is 0 Å². The SMILES string of the molecule is CCCC(CCC(C)CO)c1ccc(Cl)cc1. The van der Waals surface area contributed by atoms with Crippen molar-refractivity contribution in [1.29, 1.82) is 0 Å². The van der Waals surface area contributed by atoms with Crippen LogP contribution in [0.15, 0.2) is 24.3 Å². The molecule has 1 rings (SSSR count). The van der Waals surface area contributed by atoms with E-state index in [-0.39, 0.29) is 0 Å². The molecule has 0 aliphatic carbocycles. The lowest BCUT2D eigenvalue weighted by Crippen LogP contribution is -2.05. The van der Waals surface area contributed by atoms with Crippen LogP contribution in [0.2, 0.25) is 5.02 Å². The smallest absolute Gasteiger partial charge is 0.0456 e. The van der Waals surface area contributed by atoms with E-state index in [0.29, 0.717) is 18.4 Å². The second-order valence-corrected chi connectivity index (χ2v) is 5.34. The number of halogens is 1. The molecule has 0 saturated heterocycles. The average Bonchev–Trinajstić information content (AvgIpc) is 2.35. The maximum atomic E-state index is 9.07. The highest BCUT2D eigenvalue weighted by molar-refractivity contribution is 6.30. The molecule has 0 aromatic heterocycles. The summed E-state index contributed by atoms with van der Waals surface area (Å²) in [4.78, 5) is 0. The Bertz CT molecular complexity index is 307. The Labute approximate surface area is 110 Å². The zero-order valence-corrected chi connectivity index (χ0v) is 11.6. The predicted molar refractivity (Wildman–Crippen MR) is 74.6 cm³/mol. The van der Waals surface area contributed by atoms with Crippen LogP contribution in [0.1, 0.15) is 51.0 Å². The minimum Gasteiger partial charge on any atom is -0.396 e. The molecule has 96 valence electrons. The van der Waals surface area contributed by atoms with Gasteiger partial charge in [0.05, 0.1) is 0 Å². The van der Waals surface area contributed by atoms with Crippen molar-refractivity contribution in [2.75, 3.05) is 6.61 Å².